The molecule has 0 aromatic carbocycles. The zero-order valence-electron chi connectivity index (χ0n) is 39.2. The van der Waals surface area contributed by atoms with Crippen LogP contribution in [0.15, 0.2) is 0 Å². The maximum absolute atomic E-state index is 12.8. The Bertz CT molecular complexity index is 1100. The molecule has 14 heteroatoms. The number of ether oxygens (including phenoxy) is 2. The van der Waals surface area contributed by atoms with Crippen LogP contribution in [0.4, 0.5) is 0 Å². The van der Waals surface area contributed by atoms with Crippen LogP contribution in [0.5, 0.6) is 0 Å². The summed E-state index contributed by atoms with van der Waals surface area (Å²) in [5.41, 5.74) is 0. The van der Waals surface area contributed by atoms with Crippen LogP contribution in [0.25, 0.3) is 0 Å². The van der Waals surface area contributed by atoms with Crippen LogP contribution in [0.2, 0.25) is 0 Å². The zero-order valence-corrected chi connectivity index (χ0v) is 40.1. The summed E-state index contributed by atoms with van der Waals surface area (Å²) in [6.45, 7) is 3.33. The Kier molecular flexibility index (Phi) is 37.1. The molecule has 0 radical (unpaired) electrons. The van der Waals surface area contributed by atoms with Crippen molar-refractivity contribution in [3.05, 3.63) is 0 Å². The highest BCUT2D eigenvalue weighted by molar-refractivity contribution is 7.47. The van der Waals surface area contributed by atoms with Crippen LogP contribution in [-0.4, -0.2) is 98.3 Å². The van der Waals surface area contributed by atoms with Crippen molar-refractivity contribution < 1.29 is 63.1 Å². The van der Waals surface area contributed by atoms with Gasteiger partial charge in [0, 0.05) is 12.8 Å². The van der Waals surface area contributed by atoms with E-state index in [1.807, 2.05) is 0 Å². The minimum Gasteiger partial charge on any atom is -0.462 e. The second kappa shape index (κ2) is 39.1. The Morgan fingerprint density at radius 3 is 1.06 bits per heavy atom. The minimum absolute atomic E-state index is 0.105. The van der Waals surface area contributed by atoms with Gasteiger partial charge in [0.25, 0.3) is 0 Å². The van der Waals surface area contributed by atoms with Gasteiger partial charge in [-0.15, -0.1) is 0 Å². The SMILES string of the molecule is CCCCCCCCCCCCCCCCCCCCCCCC(=O)OC(COC(=O)CCCCCCCCCCCCCC)COP(=O)(O)OC1C(O)C(O)C(O)C(O)C1O. The van der Waals surface area contributed by atoms with E-state index >= 15 is 0 Å². The predicted molar refractivity (Wildman–Crippen MR) is 244 cm³/mol. The van der Waals surface area contributed by atoms with Gasteiger partial charge in [-0.05, 0) is 12.8 Å². The maximum atomic E-state index is 12.8. The Labute approximate surface area is 376 Å². The van der Waals surface area contributed by atoms with E-state index in [1.165, 1.54) is 161 Å². The second-order valence-electron chi connectivity index (χ2n) is 18.0. The number of phosphoric acid groups is 1. The third kappa shape index (κ3) is 30.9. The highest BCUT2D eigenvalue weighted by atomic mass is 31.2. The van der Waals surface area contributed by atoms with Crippen molar-refractivity contribution >= 4 is 19.8 Å². The van der Waals surface area contributed by atoms with E-state index in [0.29, 0.717) is 12.8 Å². The molecule has 6 atom stereocenters. The van der Waals surface area contributed by atoms with Crippen LogP contribution >= 0.6 is 7.82 Å². The first-order valence-electron chi connectivity index (χ1n) is 25.3. The molecule has 6 N–H and O–H groups in total. The molecule has 62 heavy (non-hydrogen) atoms. The average Bonchev–Trinajstić information content (AvgIpc) is 3.25. The molecule has 0 spiro atoms. The zero-order chi connectivity index (χ0) is 45.7. The van der Waals surface area contributed by atoms with Gasteiger partial charge in [-0.25, -0.2) is 4.57 Å². The third-order valence-electron chi connectivity index (χ3n) is 12.2. The number of rotatable bonds is 43. The molecule has 0 amide bonds. The van der Waals surface area contributed by atoms with Gasteiger partial charge in [0.1, 0.15) is 43.2 Å². The fourth-order valence-corrected chi connectivity index (χ4v) is 9.09. The summed E-state index contributed by atoms with van der Waals surface area (Å²) < 4.78 is 33.6. The topological polar surface area (TPSA) is 210 Å². The molecule has 0 aliphatic heterocycles. The molecule has 1 saturated carbocycles. The standard InChI is InChI=1S/C48H93O13P/c1-3-5-7-9-11-13-15-17-18-19-20-21-22-23-24-25-27-29-31-33-35-37-42(50)60-40(38-58-41(49)36-34-32-30-28-26-16-14-12-10-8-6-4-2)39-59-62(56,57)61-48-46(54)44(52)43(51)45(53)47(48)55/h40,43-48,51-55H,3-39H2,1-2H3,(H,56,57). The van der Waals surface area contributed by atoms with Gasteiger partial charge < -0.3 is 39.9 Å². The van der Waals surface area contributed by atoms with Crippen molar-refractivity contribution in [2.24, 2.45) is 0 Å². The first-order valence-corrected chi connectivity index (χ1v) is 26.8. The lowest BCUT2D eigenvalue weighted by atomic mass is 9.85. The van der Waals surface area contributed by atoms with Gasteiger partial charge in [-0.3, -0.25) is 18.6 Å². The molecule has 1 rings (SSSR count). The second-order valence-corrected chi connectivity index (χ2v) is 19.4. The third-order valence-corrected chi connectivity index (χ3v) is 13.2. The van der Waals surface area contributed by atoms with Crippen molar-refractivity contribution in [1.29, 1.82) is 0 Å². The molecule has 1 aliphatic carbocycles. The molecule has 0 saturated heterocycles. The Morgan fingerprint density at radius 2 is 0.726 bits per heavy atom. The lowest BCUT2D eigenvalue weighted by molar-refractivity contribution is -0.220. The van der Waals surface area contributed by atoms with Crippen molar-refractivity contribution in [2.45, 2.75) is 281 Å². The van der Waals surface area contributed by atoms with Gasteiger partial charge in [-0.1, -0.05) is 213 Å². The van der Waals surface area contributed by atoms with Gasteiger partial charge in [0.15, 0.2) is 6.10 Å². The number of aliphatic hydroxyl groups excluding tert-OH is 5. The van der Waals surface area contributed by atoms with Crippen molar-refractivity contribution in [3.8, 4) is 0 Å². The first-order chi connectivity index (χ1) is 29.9. The van der Waals surface area contributed by atoms with Gasteiger partial charge >= 0.3 is 19.8 Å². The van der Waals surface area contributed by atoms with Gasteiger partial charge in [-0.2, -0.15) is 0 Å². The fraction of sp³-hybridized carbons (Fsp3) is 0.958. The smallest absolute Gasteiger partial charge is 0.462 e. The lowest BCUT2D eigenvalue weighted by Gasteiger charge is -2.41. The van der Waals surface area contributed by atoms with E-state index in [4.69, 9.17) is 18.5 Å². The summed E-state index contributed by atoms with van der Waals surface area (Å²) in [5, 5.41) is 50.2. The summed E-state index contributed by atoms with van der Waals surface area (Å²) in [6, 6.07) is 0. The summed E-state index contributed by atoms with van der Waals surface area (Å²) in [4.78, 5) is 35.7. The summed E-state index contributed by atoms with van der Waals surface area (Å²) in [5.74, 6) is -1.08. The van der Waals surface area contributed by atoms with Crippen LogP contribution in [0.1, 0.15) is 239 Å². The number of phosphoric ester groups is 1. The number of esters is 2. The first kappa shape index (κ1) is 58.9. The van der Waals surface area contributed by atoms with Gasteiger partial charge in [0.05, 0.1) is 6.61 Å². The molecular weight excluding hydrogens is 815 g/mol. The summed E-state index contributed by atoms with van der Waals surface area (Å²) in [6.07, 6.45) is 27.3. The van der Waals surface area contributed by atoms with E-state index in [0.717, 1.165) is 38.5 Å². The Morgan fingerprint density at radius 1 is 0.435 bits per heavy atom. The highest BCUT2D eigenvalue weighted by Crippen LogP contribution is 2.47. The number of hydrogen-bond acceptors (Lipinski definition) is 12. The normalized spacial score (nSPS) is 21.7. The molecule has 0 aromatic rings. The fourth-order valence-electron chi connectivity index (χ4n) is 8.11. The van der Waals surface area contributed by atoms with E-state index in [2.05, 4.69) is 13.8 Å². The van der Waals surface area contributed by atoms with E-state index < -0.39 is 75.7 Å². The lowest BCUT2D eigenvalue weighted by Crippen LogP contribution is -2.64. The van der Waals surface area contributed by atoms with Crippen LogP contribution in [-0.2, 0) is 32.7 Å². The van der Waals surface area contributed by atoms with Crippen LogP contribution < -0.4 is 0 Å². The molecule has 6 unspecified atom stereocenters. The predicted octanol–water partition coefficient (Wildman–Crippen LogP) is 10.5. The van der Waals surface area contributed by atoms with E-state index in [9.17, 15) is 44.6 Å². The number of carbonyl (C=O) groups is 2. The van der Waals surface area contributed by atoms with E-state index in [-0.39, 0.29) is 12.8 Å². The molecule has 13 nitrogen and oxygen atoms in total. The Balaban J connectivity index is 2.36. The molecule has 1 fully saturated rings. The van der Waals surface area contributed by atoms with Crippen molar-refractivity contribution in [2.75, 3.05) is 13.2 Å². The molecule has 0 heterocycles. The number of carbonyl (C=O) groups excluding carboxylic acids is 2. The molecule has 1 aliphatic rings. The highest BCUT2D eigenvalue weighted by Gasteiger charge is 2.51. The summed E-state index contributed by atoms with van der Waals surface area (Å²) >= 11 is 0. The number of unbranched alkanes of at least 4 members (excludes halogenated alkanes) is 31. The molecular formula is C48H93O13P. The largest absolute Gasteiger partial charge is 0.472 e. The quantitative estimate of drug-likeness (QED) is 0.0191. The van der Waals surface area contributed by atoms with Crippen LogP contribution in [0.3, 0.4) is 0 Å². The average molecular weight is 909 g/mol. The minimum atomic E-state index is -5.11. The van der Waals surface area contributed by atoms with Gasteiger partial charge in [0.2, 0.25) is 0 Å². The Hall–Kier alpha value is -1.15. The molecule has 0 aromatic heterocycles. The van der Waals surface area contributed by atoms with Crippen molar-refractivity contribution in [1.82, 2.24) is 0 Å². The van der Waals surface area contributed by atoms with E-state index in [1.54, 1.807) is 0 Å². The van der Waals surface area contributed by atoms with Crippen LogP contribution in [0, 0.1) is 0 Å². The maximum Gasteiger partial charge on any atom is 0.472 e. The van der Waals surface area contributed by atoms with Crippen molar-refractivity contribution in [3.63, 3.8) is 0 Å². The summed E-state index contributed by atoms with van der Waals surface area (Å²) in [7, 11) is -5.11. The monoisotopic (exact) mass is 909 g/mol. The molecule has 0 bridgehead atoms. The number of aliphatic hydroxyl groups is 5. The molecule has 368 valence electrons. The number of hydrogen-bond donors (Lipinski definition) is 6.